The van der Waals surface area contributed by atoms with E-state index in [1.165, 1.54) is 25.5 Å². The fourth-order valence-electron chi connectivity index (χ4n) is 1.94. The molecule has 0 fully saturated rings. The predicted molar refractivity (Wildman–Crippen MR) is 79.0 cm³/mol. The monoisotopic (exact) mass is 260 g/mol. The fraction of sp³-hybridized carbons (Fsp3) is 0.471. The number of carbonyl (C=O) groups excluding carboxylic acids is 1. The van der Waals surface area contributed by atoms with Crippen molar-refractivity contribution in [2.24, 2.45) is 0 Å². The van der Waals surface area contributed by atoms with Crippen LogP contribution in [0, 0.1) is 0 Å². The molecule has 2 nitrogen and oxygen atoms in total. The molecule has 0 unspecified atom stereocenters. The van der Waals surface area contributed by atoms with E-state index >= 15 is 0 Å². The van der Waals surface area contributed by atoms with Gasteiger partial charge >= 0.3 is 5.97 Å². The van der Waals surface area contributed by atoms with Gasteiger partial charge in [0.15, 0.2) is 0 Å². The summed E-state index contributed by atoms with van der Waals surface area (Å²) < 4.78 is 4.59. The predicted octanol–water partition coefficient (Wildman–Crippen LogP) is 4.30. The second-order valence-corrected chi connectivity index (χ2v) is 4.67. The normalized spacial score (nSPS) is 10.8. The number of unbranched alkanes of at least 4 members (excludes halogenated alkanes) is 3. The first kappa shape index (κ1) is 15.5. The van der Waals surface area contributed by atoms with Gasteiger partial charge in [0, 0.05) is 6.42 Å². The van der Waals surface area contributed by atoms with E-state index in [0.717, 1.165) is 25.7 Å². The van der Waals surface area contributed by atoms with E-state index in [2.05, 4.69) is 47.2 Å². The van der Waals surface area contributed by atoms with Gasteiger partial charge in [-0.05, 0) is 44.1 Å². The van der Waals surface area contributed by atoms with E-state index < -0.39 is 0 Å². The Labute approximate surface area is 116 Å². The molecule has 2 heteroatoms. The lowest BCUT2D eigenvalue weighted by molar-refractivity contribution is -0.140. The zero-order valence-corrected chi connectivity index (χ0v) is 11.8. The highest BCUT2D eigenvalue weighted by Crippen LogP contribution is 2.07. The average Bonchev–Trinajstić information content (AvgIpc) is 2.46. The molecule has 0 aliphatic carbocycles. The molecule has 0 spiro atoms. The SMILES string of the molecule is COC(=O)CCC/C=C/CCCCc1ccccc1. The minimum atomic E-state index is -0.115. The number of methoxy groups -OCH3 is 1. The third-order valence-corrected chi connectivity index (χ3v) is 3.08. The molecule has 0 aliphatic heterocycles. The van der Waals surface area contributed by atoms with E-state index in [1.807, 2.05) is 0 Å². The maximum Gasteiger partial charge on any atom is 0.305 e. The number of esters is 1. The van der Waals surface area contributed by atoms with Crippen LogP contribution in [-0.4, -0.2) is 13.1 Å². The Morgan fingerprint density at radius 2 is 1.74 bits per heavy atom. The molecule has 0 atom stereocenters. The summed E-state index contributed by atoms with van der Waals surface area (Å²) in [6.07, 6.45) is 11.5. The van der Waals surface area contributed by atoms with E-state index in [-0.39, 0.29) is 5.97 Å². The van der Waals surface area contributed by atoms with Crippen molar-refractivity contribution in [2.75, 3.05) is 7.11 Å². The average molecular weight is 260 g/mol. The Hall–Kier alpha value is -1.57. The molecule has 19 heavy (non-hydrogen) atoms. The molecule has 1 aromatic carbocycles. The highest BCUT2D eigenvalue weighted by molar-refractivity contribution is 5.68. The summed E-state index contributed by atoms with van der Waals surface area (Å²) in [5, 5.41) is 0. The molecule has 0 N–H and O–H groups in total. The Balaban J connectivity index is 1.94. The second kappa shape index (κ2) is 10.4. The summed E-state index contributed by atoms with van der Waals surface area (Å²) in [5.41, 5.74) is 1.42. The van der Waals surface area contributed by atoms with Crippen molar-refractivity contribution in [3.63, 3.8) is 0 Å². The molecule has 0 saturated heterocycles. The van der Waals surface area contributed by atoms with E-state index in [4.69, 9.17) is 0 Å². The lowest BCUT2D eigenvalue weighted by Crippen LogP contribution is -1.98. The van der Waals surface area contributed by atoms with Gasteiger partial charge < -0.3 is 4.74 Å². The van der Waals surface area contributed by atoms with Crippen LogP contribution in [0.4, 0.5) is 0 Å². The fourth-order valence-corrected chi connectivity index (χ4v) is 1.94. The number of hydrogen-bond acceptors (Lipinski definition) is 2. The van der Waals surface area contributed by atoms with Crippen LogP contribution in [0.2, 0.25) is 0 Å². The van der Waals surface area contributed by atoms with Crippen LogP contribution >= 0.6 is 0 Å². The van der Waals surface area contributed by atoms with Crippen molar-refractivity contribution in [1.29, 1.82) is 0 Å². The summed E-state index contributed by atoms with van der Waals surface area (Å²) in [6, 6.07) is 10.6. The summed E-state index contributed by atoms with van der Waals surface area (Å²) in [5.74, 6) is -0.115. The molecule has 0 heterocycles. The Kier molecular flexibility index (Phi) is 8.45. The lowest BCUT2D eigenvalue weighted by atomic mass is 10.1. The number of carbonyl (C=O) groups is 1. The highest BCUT2D eigenvalue weighted by atomic mass is 16.5. The van der Waals surface area contributed by atoms with Crippen LogP contribution in [0.15, 0.2) is 42.5 Å². The van der Waals surface area contributed by atoms with Crippen LogP contribution in [0.1, 0.15) is 44.1 Å². The van der Waals surface area contributed by atoms with Crippen molar-refractivity contribution in [1.82, 2.24) is 0 Å². The molecule has 0 amide bonds. The maximum absolute atomic E-state index is 10.9. The van der Waals surface area contributed by atoms with Crippen molar-refractivity contribution in [2.45, 2.75) is 44.9 Å². The van der Waals surface area contributed by atoms with Crippen LogP contribution in [0.3, 0.4) is 0 Å². The molecule has 1 rings (SSSR count). The van der Waals surface area contributed by atoms with Gasteiger partial charge in [-0.15, -0.1) is 0 Å². The van der Waals surface area contributed by atoms with Crippen LogP contribution in [-0.2, 0) is 16.0 Å². The maximum atomic E-state index is 10.9. The molecule has 0 aromatic heterocycles. The first-order valence-electron chi connectivity index (χ1n) is 7.08. The van der Waals surface area contributed by atoms with E-state index in [1.54, 1.807) is 0 Å². The van der Waals surface area contributed by atoms with Gasteiger partial charge in [0.05, 0.1) is 7.11 Å². The van der Waals surface area contributed by atoms with Gasteiger partial charge in [-0.2, -0.15) is 0 Å². The second-order valence-electron chi connectivity index (χ2n) is 4.67. The summed E-state index contributed by atoms with van der Waals surface area (Å²) in [6.45, 7) is 0. The van der Waals surface area contributed by atoms with Crippen LogP contribution in [0.25, 0.3) is 0 Å². The van der Waals surface area contributed by atoms with Gasteiger partial charge in [-0.1, -0.05) is 42.5 Å². The van der Waals surface area contributed by atoms with Crippen LogP contribution < -0.4 is 0 Å². The zero-order valence-electron chi connectivity index (χ0n) is 11.8. The van der Waals surface area contributed by atoms with Gasteiger partial charge in [-0.25, -0.2) is 0 Å². The quantitative estimate of drug-likeness (QED) is 0.376. The highest BCUT2D eigenvalue weighted by Gasteiger charge is 1.96. The molecule has 1 aromatic rings. The third kappa shape index (κ3) is 8.20. The first-order valence-corrected chi connectivity index (χ1v) is 7.08. The molecule has 0 saturated carbocycles. The summed E-state index contributed by atoms with van der Waals surface area (Å²) in [7, 11) is 1.44. The number of hydrogen-bond donors (Lipinski definition) is 0. The van der Waals surface area contributed by atoms with Crippen molar-refractivity contribution >= 4 is 5.97 Å². The number of rotatable bonds is 9. The van der Waals surface area contributed by atoms with Gasteiger partial charge in [0.1, 0.15) is 0 Å². The van der Waals surface area contributed by atoms with Gasteiger partial charge in [-0.3, -0.25) is 4.79 Å². The van der Waals surface area contributed by atoms with E-state index in [9.17, 15) is 4.79 Å². The Morgan fingerprint density at radius 3 is 2.42 bits per heavy atom. The lowest BCUT2D eigenvalue weighted by Gasteiger charge is -1.99. The minimum absolute atomic E-state index is 0.115. The van der Waals surface area contributed by atoms with Gasteiger partial charge in [0.25, 0.3) is 0 Å². The molecular weight excluding hydrogens is 236 g/mol. The smallest absolute Gasteiger partial charge is 0.305 e. The summed E-state index contributed by atoms with van der Waals surface area (Å²) in [4.78, 5) is 10.9. The van der Waals surface area contributed by atoms with Gasteiger partial charge in [0.2, 0.25) is 0 Å². The number of ether oxygens (including phenoxy) is 1. The zero-order chi connectivity index (χ0) is 13.8. The molecule has 0 radical (unpaired) electrons. The third-order valence-electron chi connectivity index (χ3n) is 3.08. The molecule has 0 aliphatic rings. The molecule has 104 valence electrons. The minimum Gasteiger partial charge on any atom is -0.469 e. The number of benzene rings is 1. The standard InChI is InChI=1S/C17H24O2/c1-19-17(18)15-11-6-4-2-3-5-8-12-16-13-9-7-10-14-16/h2,4,7,9-10,13-14H,3,5-6,8,11-12,15H2,1H3/b4-2+. The summed E-state index contributed by atoms with van der Waals surface area (Å²) >= 11 is 0. The van der Waals surface area contributed by atoms with Crippen molar-refractivity contribution in [3.05, 3.63) is 48.0 Å². The first-order chi connectivity index (χ1) is 9.33. The number of allylic oxidation sites excluding steroid dienone is 2. The van der Waals surface area contributed by atoms with Crippen molar-refractivity contribution < 1.29 is 9.53 Å². The molecular formula is C17H24O2. The topological polar surface area (TPSA) is 26.3 Å². The number of aryl methyl sites for hydroxylation is 1. The van der Waals surface area contributed by atoms with Crippen LogP contribution in [0.5, 0.6) is 0 Å². The largest absolute Gasteiger partial charge is 0.469 e. The molecule has 0 bridgehead atoms. The van der Waals surface area contributed by atoms with Crippen molar-refractivity contribution in [3.8, 4) is 0 Å². The Morgan fingerprint density at radius 1 is 1.05 bits per heavy atom. The Bertz CT molecular complexity index is 368. The van der Waals surface area contributed by atoms with E-state index in [0.29, 0.717) is 6.42 Å².